The number of hydrogen-bond acceptors (Lipinski definition) is 5. The van der Waals surface area contributed by atoms with Gasteiger partial charge in [-0.15, -0.1) is 16.9 Å². The van der Waals surface area contributed by atoms with Crippen LogP contribution in [0.25, 0.3) is 5.69 Å². The van der Waals surface area contributed by atoms with E-state index < -0.39 is 88.7 Å². The van der Waals surface area contributed by atoms with E-state index in [2.05, 4.69) is 15.2 Å². The van der Waals surface area contributed by atoms with Crippen LogP contribution in [0.2, 0.25) is 0 Å². The van der Waals surface area contributed by atoms with E-state index in [1.165, 1.54) is 5.32 Å². The quantitative estimate of drug-likeness (QED) is 0.238. The van der Waals surface area contributed by atoms with Gasteiger partial charge in [0.2, 0.25) is 11.8 Å². The molecule has 2 amide bonds. The van der Waals surface area contributed by atoms with Crippen molar-refractivity contribution in [3.63, 3.8) is 0 Å². The van der Waals surface area contributed by atoms with Crippen LogP contribution in [-0.2, 0) is 4.79 Å². The molecule has 21 heteroatoms. The van der Waals surface area contributed by atoms with Gasteiger partial charge in [0.1, 0.15) is 22.9 Å². The number of anilines is 1. The first kappa shape index (κ1) is 34.8. The van der Waals surface area contributed by atoms with Crippen LogP contribution in [0.4, 0.5) is 62.9 Å². The van der Waals surface area contributed by atoms with Crippen molar-refractivity contribution in [2.24, 2.45) is 0 Å². The van der Waals surface area contributed by atoms with E-state index in [0.29, 0.717) is 28.6 Å². The topological polar surface area (TPSA) is 85.2 Å². The fraction of sp³-hybridized carbons (Fsp3) is 0.476. The van der Waals surface area contributed by atoms with Crippen molar-refractivity contribution in [2.45, 2.75) is 48.9 Å². The molecule has 1 heterocycles. The molecule has 0 saturated carbocycles. The van der Waals surface area contributed by atoms with Gasteiger partial charge in [-0.2, -0.15) is 52.7 Å². The number of carbonyl (C=O) groups excluding carboxylic acids is 2. The minimum atomic E-state index is -7.20. The molecule has 0 spiro atoms. The Labute approximate surface area is 230 Å². The fourth-order valence-corrected chi connectivity index (χ4v) is 3.72. The monoisotopic (exact) mass is 652 g/mol. The van der Waals surface area contributed by atoms with Gasteiger partial charge < -0.3 is 15.4 Å². The van der Waals surface area contributed by atoms with Crippen molar-refractivity contribution in [3.8, 4) is 11.6 Å². The number of carbonyl (C=O) groups is 2. The molecule has 0 radical (unpaired) electrons. The molecule has 2 rings (SSSR count). The standard InChI is InChI=1S/C21H17F13N4O3S/c1-8-4-11(22)12(5-10(8)15(40)35-6-18(25,26)27)38-14(36-9(2)39)13(42-3)16(37-38)41-7-17(23,24)19(28,29)20(30,31)21(32,33)34/h4-5H,6-7H2,1-3H3,(H,35,40)(H,36,39). The molecule has 0 aliphatic rings. The molecule has 0 bridgehead atoms. The molecule has 0 unspecified atom stereocenters. The van der Waals surface area contributed by atoms with E-state index in [1.54, 1.807) is 0 Å². The Bertz CT molecular complexity index is 1340. The molecule has 7 nitrogen and oxygen atoms in total. The molecule has 2 aromatic rings. The number of aryl methyl sites for hydroxylation is 1. The molecule has 0 aliphatic heterocycles. The van der Waals surface area contributed by atoms with Gasteiger partial charge >= 0.3 is 30.1 Å². The Balaban J connectivity index is 2.62. The van der Waals surface area contributed by atoms with Crippen molar-refractivity contribution in [2.75, 3.05) is 24.7 Å². The molecule has 2 N–H and O–H groups in total. The average Bonchev–Trinajstić information content (AvgIpc) is 3.16. The number of amides is 2. The third kappa shape index (κ3) is 6.97. The molecular weight excluding hydrogens is 635 g/mol. The van der Waals surface area contributed by atoms with Crippen molar-refractivity contribution in [1.29, 1.82) is 0 Å². The largest absolute Gasteiger partial charge is 0.469 e. The van der Waals surface area contributed by atoms with Crippen molar-refractivity contribution < 1.29 is 71.4 Å². The van der Waals surface area contributed by atoms with Crippen molar-refractivity contribution >= 4 is 29.4 Å². The number of nitrogens with zero attached hydrogens (tertiary/aromatic N) is 2. The number of hydrogen-bond donors (Lipinski definition) is 2. The highest BCUT2D eigenvalue weighted by atomic mass is 32.2. The minimum absolute atomic E-state index is 0.210. The number of aromatic nitrogens is 2. The molecule has 0 fully saturated rings. The summed E-state index contributed by atoms with van der Waals surface area (Å²) in [5.74, 6) is -25.9. The Morgan fingerprint density at radius 1 is 0.976 bits per heavy atom. The zero-order chi connectivity index (χ0) is 32.6. The summed E-state index contributed by atoms with van der Waals surface area (Å²) in [5.41, 5.74) is -1.63. The van der Waals surface area contributed by atoms with Gasteiger partial charge in [-0.25, -0.2) is 9.07 Å². The number of alkyl halides is 12. The molecule has 0 saturated heterocycles. The van der Waals surface area contributed by atoms with Crippen molar-refractivity contribution in [1.82, 2.24) is 15.1 Å². The molecule has 1 aromatic heterocycles. The lowest BCUT2D eigenvalue weighted by molar-refractivity contribution is -0.398. The van der Waals surface area contributed by atoms with Crippen LogP contribution in [0.3, 0.4) is 0 Å². The lowest BCUT2D eigenvalue weighted by Crippen LogP contribution is -2.62. The van der Waals surface area contributed by atoms with E-state index >= 15 is 0 Å². The SMILES string of the molecule is CSc1c(OCC(F)(F)C(F)(F)C(F)(F)C(F)(F)F)nn(-c2cc(C(=O)NCC(F)(F)F)c(C)cc2F)c1NC(C)=O. The lowest BCUT2D eigenvalue weighted by Gasteiger charge is -2.33. The van der Waals surface area contributed by atoms with Crippen molar-refractivity contribution in [3.05, 3.63) is 29.1 Å². The third-order valence-corrected chi connectivity index (χ3v) is 5.90. The maximum Gasteiger partial charge on any atom is 0.460 e. The highest BCUT2D eigenvalue weighted by molar-refractivity contribution is 7.98. The van der Waals surface area contributed by atoms with Crippen LogP contribution in [0.5, 0.6) is 5.88 Å². The van der Waals surface area contributed by atoms with Gasteiger partial charge in [-0.1, -0.05) is 0 Å². The summed E-state index contributed by atoms with van der Waals surface area (Å²) in [6.07, 6.45) is -10.8. The maximum atomic E-state index is 14.9. The van der Waals surface area contributed by atoms with E-state index in [1.807, 2.05) is 0 Å². The zero-order valence-electron chi connectivity index (χ0n) is 21.0. The Morgan fingerprint density at radius 2 is 1.55 bits per heavy atom. The van der Waals surface area contributed by atoms with Gasteiger partial charge in [0.15, 0.2) is 12.4 Å². The summed E-state index contributed by atoms with van der Waals surface area (Å²) in [5, 5.41) is 7.07. The first-order valence-corrected chi connectivity index (χ1v) is 12.0. The smallest absolute Gasteiger partial charge is 0.460 e. The first-order chi connectivity index (χ1) is 18.9. The molecule has 0 aliphatic carbocycles. The van der Waals surface area contributed by atoms with Crippen LogP contribution in [0, 0.1) is 12.7 Å². The summed E-state index contributed by atoms with van der Waals surface area (Å²) in [7, 11) is 0. The summed E-state index contributed by atoms with van der Waals surface area (Å²) in [6.45, 7) is -2.62. The Morgan fingerprint density at radius 3 is 2.02 bits per heavy atom. The molecule has 42 heavy (non-hydrogen) atoms. The number of benzene rings is 1. The van der Waals surface area contributed by atoms with E-state index in [9.17, 15) is 66.7 Å². The number of thioether (sulfide) groups is 1. The number of halogens is 13. The maximum absolute atomic E-state index is 14.9. The number of rotatable bonds is 10. The van der Waals surface area contributed by atoms with Gasteiger partial charge in [0, 0.05) is 12.5 Å². The predicted molar refractivity (Wildman–Crippen MR) is 119 cm³/mol. The second-order valence-corrected chi connectivity index (χ2v) is 9.15. The summed E-state index contributed by atoms with van der Waals surface area (Å²) in [4.78, 5) is 23.5. The van der Waals surface area contributed by atoms with Crippen LogP contribution in [-0.4, -0.2) is 71.1 Å². The van der Waals surface area contributed by atoms with E-state index in [-0.39, 0.29) is 5.56 Å². The van der Waals surface area contributed by atoms with Gasteiger partial charge in [0.05, 0.1) is 0 Å². The lowest BCUT2D eigenvalue weighted by atomic mass is 10.0. The zero-order valence-corrected chi connectivity index (χ0v) is 21.8. The first-order valence-electron chi connectivity index (χ1n) is 10.8. The summed E-state index contributed by atoms with van der Waals surface area (Å²) >= 11 is 0.467. The van der Waals surface area contributed by atoms with E-state index in [4.69, 9.17) is 0 Å². The van der Waals surface area contributed by atoms with Crippen LogP contribution in [0.15, 0.2) is 17.0 Å². The average molecular weight is 652 g/mol. The van der Waals surface area contributed by atoms with Crippen LogP contribution in [0.1, 0.15) is 22.8 Å². The summed E-state index contributed by atoms with van der Waals surface area (Å²) < 4.78 is 176. The Kier molecular flexibility index (Phi) is 9.71. The molecular formula is C21H17F13N4O3S. The van der Waals surface area contributed by atoms with E-state index in [0.717, 1.165) is 20.1 Å². The normalized spacial score (nSPS) is 13.2. The fourth-order valence-electron chi connectivity index (χ4n) is 3.11. The second kappa shape index (κ2) is 11.7. The number of ether oxygens (including phenoxy) is 1. The highest BCUT2D eigenvalue weighted by Gasteiger charge is 2.82. The third-order valence-electron chi connectivity index (χ3n) is 5.13. The Hall–Kier alpha value is -3.39. The van der Waals surface area contributed by atoms with Crippen LogP contribution >= 0.6 is 11.8 Å². The number of nitrogens with one attached hydrogen (secondary N) is 2. The van der Waals surface area contributed by atoms with Gasteiger partial charge in [-0.05, 0) is 30.9 Å². The highest BCUT2D eigenvalue weighted by Crippen LogP contribution is 2.53. The predicted octanol–water partition coefficient (Wildman–Crippen LogP) is 6.14. The molecule has 0 atom stereocenters. The summed E-state index contributed by atoms with van der Waals surface area (Å²) in [6, 6.07) is 1.25. The van der Waals surface area contributed by atoms with Gasteiger partial charge in [0.25, 0.3) is 5.91 Å². The molecule has 1 aromatic carbocycles. The van der Waals surface area contributed by atoms with Crippen LogP contribution < -0.4 is 15.4 Å². The van der Waals surface area contributed by atoms with Gasteiger partial charge in [-0.3, -0.25) is 9.59 Å². The molecule has 236 valence electrons. The minimum Gasteiger partial charge on any atom is -0.469 e. The second-order valence-electron chi connectivity index (χ2n) is 8.34.